The monoisotopic (exact) mass is 400 g/mol. The van der Waals surface area contributed by atoms with Crippen LogP contribution in [-0.2, 0) is 39.0 Å². The number of rotatable bonds is 4. The number of imidazole rings is 2. The lowest BCUT2D eigenvalue weighted by Gasteiger charge is -2.07. The Bertz CT molecular complexity index is 1540. The highest BCUT2D eigenvalue weighted by molar-refractivity contribution is 5.82. The molecule has 1 N–H and O–H groups in total. The highest BCUT2D eigenvalue weighted by atomic mass is 16.2. The molecule has 4 aromatic rings. The van der Waals surface area contributed by atoms with Crippen molar-refractivity contribution in [2.75, 3.05) is 0 Å². The molecule has 13 heteroatoms. The minimum atomic E-state index is -0.648. The van der Waals surface area contributed by atoms with E-state index in [1.165, 1.54) is 52.1 Å². The van der Waals surface area contributed by atoms with E-state index in [9.17, 15) is 24.0 Å². The van der Waals surface area contributed by atoms with Gasteiger partial charge in [0.2, 0.25) is 0 Å². The molecule has 0 fully saturated rings. The lowest BCUT2D eigenvalue weighted by molar-refractivity contribution is -0.120. The largest absolute Gasteiger partial charge is 0.332 e. The molecule has 0 bridgehead atoms. The maximum Gasteiger partial charge on any atom is 0.332 e. The third kappa shape index (κ3) is 2.66. The maximum atomic E-state index is 12.6. The van der Waals surface area contributed by atoms with Crippen LogP contribution >= 0.6 is 0 Å². The van der Waals surface area contributed by atoms with Gasteiger partial charge in [-0.05, 0) is 0 Å². The molecule has 0 aliphatic carbocycles. The lowest BCUT2D eigenvalue weighted by Crippen LogP contribution is -2.37. The average molecular weight is 400 g/mol. The zero-order valence-electron chi connectivity index (χ0n) is 15.7. The predicted octanol–water partition coefficient (Wildman–Crippen LogP) is -2.56. The van der Waals surface area contributed by atoms with Crippen LogP contribution in [0.15, 0.2) is 31.8 Å². The number of carbonyl (C=O) groups is 1. The molecule has 0 amide bonds. The molecule has 0 aliphatic heterocycles. The minimum Gasteiger partial charge on any atom is -0.317 e. The molecule has 0 aliphatic rings. The van der Waals surface area contributed by atoms with Crippen molar-refractivity contribution in [3.05, 3.63) is 54.3 Å². The van der Waals surface area contributed by atoms with Gasteiger partial charge in [-0.3, -0.25) is 33.1 Å². The van der Waals surface area contributed by atoms with E-state index in [0.29, 0.717) is 0 Å². The Morgan fingerprint density at radius 2 is 1.41 bits per heavy atom. The number of nitrogens with one attached hydrogen (secondary N) is 1. The smallest absolute Gasteiger partial charge is 0.317 e. The second-order valence-electron chi connectivity index (χ2n) is 6.65. The van der Waals surface area contributed by atoms with E-state index in [2.05, 4.69) is 15.0 Å². The predicted molar refractivity (Wildman–Crippen MR) is 101 cm³/mol. The number of fused-ring (bicyclic) bond motifs is 2. The molecule has 0 saturated heterocycles. The average Bonchev–Trinajstić information content (AvgIpc) is 3.27. The van der Waals surface area contributed by atoms with E-state index in [1.807, 2.05) is 0 Å². The van der Waals surface area contributed by atoms with Crippen LogP contribution in [0.4, 0.5) is 0 Å². The van der Waals surface area contributed by atoms with Gasteiger partial charge < -0.3 is 9.13 Å². The van der Waals surface area contributed by atoms with Crippen molar-refractivity contribution in [3.63, 3.8) is 0 Å². The molecule has 0 radical (unpaired) electrons. The van der Waals surface area contributed by atoms with Crippen LogP contribution in [0.2, 0.25) is 0 Å². The standard InChI is InChI=1S/C16H16N8O5/c1-20-11-9(13(26)19-15(20)28)23(6-17-11)4-8(25)5-24-7-18-12-10(24)14(27)22(3)16(29)21(12)2/h6-7H,4-5H2,1-3H3,(H,19,26,28). The molecule has 4 rings (SSSR count). The summed E-state index contributed by atoms with van der Waals surface area (Å²) in [6, 6.07) is 0. The number of ketones is 1. The summed E-state index contributed by atoms with van der Waals surface area (Å²) in [5.41, 5.74) is -1.79. The van der Waals surface area contributed by atoms with Gasteiger partial charge in [0.05, 0.1) is 25.7 Å². The van der Waals surface area contributed by atoms with E-state index in [-0.39, 0.29) is 41.2 Å². The summed E-state index contributed by atoms with van der Waals surface area (Å²) in [7, 11) is 4.28. The Balaban J connectivity index is 1.72. The first kappa shape index (κ1) is 18.3. The van der Waals surface area contributed by atoms with Crippen molar-refractivity contribution in [2.24, 2.45) is 21.1 Å². The maximum absolute atomic E-state index is 12.6. The fourth-order valence-corrected chi connectivity index (χ4v) is 3.25. The normalized spacial score (nSPS) is 11.6. The van der Waals surface area contributed by atoms with Crippen molar-refractivity contribution < 1.29 is 4.79 Å². The molecule has 0 unspecified atom stereocenters. The van der Waals surface area contributed by atoms with Gasteiger partial charge in [0.15, 0.2) is 28.1 Å². The Kier molecular flexibility index (Phi) is 3.95. The Hall–Kier alpha value is -4.03. The minimum absolute atomic E-state index is 0.0919. The van der Waals surface area contributed by atoms with Crippen molar-refractivity contribution >= 4 is 28.1 Å². The number of H-pyrrole nitrogens is 1. The second kappa shape index (κ2) is 6.25. The molecule has 0 aromatic carbocycles. The molecule has 4 aromatic heterocycles. The SMILES string of the molecule is Cn1c(=O)c2c(ncn2CC(=O)Cn2cnc3c2c(=O)[nH]c(=O)n3C)n(C)c1=O. The first-order valence-corrected chi connectivity index (χ1v) is 8.47. The van der Waals surface area contributed by atoms with Gasteiger partial charge >= 0.3 is 11.4 Å². The zero-order chi connectivity index (χ0) is 21.0. The highest BCUT2D eigenvalue weighted by Gasteiger charge is 2.18. The van der Waals surface area contributed by atoms with Crippen LogP contribution in [0, 0.1) is 0 Å². The molecule has 4 heterocycles. The summed E-state index contributed by atoms with van der Waals surface area (Å²) in [5, 5.41) is 0. The van der Waals surface area contributed by atoms with Crippen LogP contribution in [0.5, 0.6) is 0 Å². The Labute approximate surface area is 160 Å². The van der Waals surface area contributed by atoms with Gasteiger partial charge in [-0.25, -0.2) is 19.6 Å². The van der Waals surface area contributed by atoms with Crippen LogP contribution in [0.25, 0.3) is 22.3 Å². The van der Waals surface area contributed by atoms with Gasteiger partial charge in [0.25, 0.3) is 11.1 Å². The topological polar surface area (TPSA) is 152 Å². The summed E-state index contributed by atoms with van der Waals surface area (Å²) in [6.07, 6.45) is 2.61. The number of hydrogen-bond acceptors (Lipinski definition) is 7. The van der Waals surface area contributed by atoms with Crippen molar-refractivity contribution in [1.82, 2.24) is 37.8 Å². The molecule has 29 heavy (non-hydrogen) atoms. The number of aryl methyl sites for hydroxylation is 2. The number of nitrogens with zero attached hydrogens (tertiary/aromatic N) is 7. The molecule has 0 spiro atoms. The highest BCUT2D eigenvalue weighted by Crippen LogP contribution is 2.08. The zero-order valence-corrected chi connectivity index (χ0v) is 15.7. The van der Waals surface area contributed by atoms with Crippen LogP contribution in [0.1, 0.15) is 0 Å². The van der Waals surface area contributed by atoms with E-state index >= 15 is 0 Å². The first-order chi connectivity index (χ1) is 13.7. The molecule has 0 atom stereocenters. The molecular weight excluding hydrogens is 384 g/mol. The summed E-state index contributed by atoms with van der Waals surface area (Å²) < 4.78 is 6.03. The molecular formula is C16H16N8O5. The number of hydrogen-bond donors (Lipinski definition) is 1. The van der Waals surface area contributed by atoms with Crippen molar-refractivity contribution in [2.45, 2.75) is 13.1 Å². The van der Waals surface area contributed by atoms with Gasteiger partial charge in [-0.1, -0.05) is 0 Å². The van der Waals surface area contributed by atoms with Gasteiger partial charge in [-0.15, -0.1) is 0 Å². The quantitative estimate of drug-likeness (QED) is 0.396. The summed E-state index contributed by atoms with van der Waals surface area (Å²) in [4.78, 5) is 71.1. The van der Waals surface area contributed by atoms with Gasteiger partial charge in [0, 0.05) is 21.1 Å². The lowest BCUT2D eigenvalue weighted by atomic mass is 10.3. The van der Waals surface area contributed by atoms with E-state index in [1.54, 1.807) is 0 Å². The van der Waals surface area contributed by atoms with Crippen molar-refractivity contribution in [1.29, 1.82) is 0 Å². The fourth-order valence-electron chi connectivity index (χ4n) is 3.25. The summed E-state index contributed by atoms with van der Waals surface area (Å²) >= 11 is 0. The van der Waals surface area contributed by atoms with E-state index in [4.69, 9.17) is 0 Å². The molecule has 150 valence electrons. The molecule has 0 saturated carbocycles. The summed E-state index contributed by atoms with van der Waals surface area (Å²) in [5.74, 6) is -0.340. The third-order valence-corrected chi connectivity index (χ3v) is 4.79. The van der Waals surface area contributed by atoms with Gasteiger partial charge in [0.1, 0.15) is 0 Å². The summed E-state index contributed by atoms with van der Waals surface area (Å²) in [6.45, 7) is -0.406. The first-order valence-electron chi connectivity index (χ1n) is 8.47. The Morgan fingerprint density at radius 3 is 2.03 bits per heavy atom. The van der Waals surface area contributed by atoms with E-state index < -0.39 is 22.5 Å². The number of Topliss-reactive ketones (excluding diaryl/α,β-unsaturated/α-hetero) is 1. The number of aromatic nitrogens is 8. The van der Waals surface area contributed by atoms with Crippen LogP contribution in [0.3, 0.4) is 0 Å². The Morgan fingerprint density at radius 1 is 0.862 bits per heavy atom. The molecule has 13 nitrogen and oxygen atoms in total. The van der Waals surface area contributed by atoms with Crippen LogP contribution in [-0.4, -0.2) is 43.6 Å². The number of carbonyl (C=O) groups excluding carboxylic acids is 1. The van der Waals surface area contributed by atoms with Crippen LogP contribution < -0.4 is 22.5 Å². The van der Waals surface area contributed by atoms with Gasteiger partial charge in [-0.2, -0.15) is 0 Å². The van der Waals surface area contributed by atoms with Crippen molar-refractivity contribution in [3.8, 4) is 0 Å². The fraction of sp³-hybridized carbons (Fsp3) is 0.312. The number of aromatic amines is 1. The van der Waals surface area contributed by atoms with E-state index in [0.717, 1.165) is 4.57 Å². The second-order valence-corrected chi connectivity index (χ2v) is 6.65. The third-order valence-electron chi connectivity index (χ3n) is 4.79.